The third-order valence-corrected chi connectivity index (χ3v) is 17.9. The van der Waals surface area contributed by atoms with Crippen LogP contribution in [0.5, 0.6) is 0 Å². The Balaban J connectivity index is 1.18. The van der Waals surface area contributed by atoms with E-state index in [1.54, 1.807) is 0 Å². The first kappa shape index (κ1) is 45.5. The second-order valence-corrected chi connectivity index (χ2v) is 23.2. The molecule has 1 aliphatic heterocycles. The summed E-state index contributed by atoms with van der Waals surface area (Å²) in [5.41, 5.74) is 8.28. The van der Waals surface area contributed by atoms with E-state index in [0.29, 0.717) is 28.4 Å². The zero-order chi connectivity index (χ0) is 45.5. The van der Waals surface area contributed by atoms with Gasteiger partial charge in [0.1, 0.15) is 23.8 Å². The summed E-state index contributed by atoms with van der Waals surface area (Å²) in [6.07, 6.45) is 14.0. The number of hydrogen-bond acceptors (Lipinski definition) is 8. The summed E-state index contributed by atoms with van der Waals surface area (Å²) in [7, 11) is -1.80. The van der Waals surface area contributed by atoms with Crippen LogP contribution < -0.4 is 4.90 Å². The van der Waals surface area contributed by atoms with E-state index in [0.717, 1.165) is 47.5 Å². The van der Waals surface area contributed by atoms with Crippen molar-refractivity contribution >= 4 is 43.3 Å². The Hall–Kier alpha value is -6.57. The van der Waals surface area contributed by atoms with Crippen LogP contribution in [-0.2, 0) is 14.8 Å². The average molecular weight is 863 g/mol. The average Bonchev–Trinajstić information content (AvgIpc) is 3.60. The molecule has 0 N–H and O–H groups in total. The van der Waals surface area contributed by atoms with Crippen LogP contribution in [-0.4, -0.2) is 38.0 Å². The van der Waals surface area contributed by atoms with Crippen molar-refractivity contribution in [3.63, 3.8) is 0 Å². The van der Waals surface area contributed by atoms with Gasteiger partial charge in [-0.05, 0) is 103 Å². The normalized spacial score (nSPS) is 17.1. The molecule has 2 aliphatic rings. The molecule has 324 valence electrons. The molecule has 9 heteroatoms. The maximum Gasteiger partial charge on any atom is 0.192 e. The minimum Gasteiger partial charge on any atom is -0.474 e. The lowest BCUT2D eigenvalue weighted by Gasteiger charge is -2.37. The number of benzene rings is 4. The summed E-state index contributed by atoms with van der Waals surface area (Å²) in [4.78, 5) is 12.7. The molecule has 1 fully saturated rings. The van der Waals surface area contributed by atoms with Crippen LogP contribution in [0, 0.1) is 34.0 Å². The van der Waals surface area contributed by atoms with Crippen molar-refractivity contribution in [3.05, 3.63) is 154 Å². The van der Waals surface area contributed by atoms with Crippen molar-refractivity contribution in [3.8, 4) is 29.5 Å². The molecule has 7 rings (SSSR count). The number of nitrogens with zero attached hydrogens (tertiary/aromatic N) is 6. The van der Waals surface area contributed by atoms with Crippen molar-refractivity contribution < 1.29 is 9.16 Å². The Morgan fingerprint density at radius 1 is 0.828 bits per heavy atom. The van der Waals surface area contributed by atoms with Gasteiger partial charge in [-0.1, -0.05) is 131 Å². The molecule has 1 unspecified atom stereocenters. The Morgan fingerprint density at radius 3 is 2.14 bits per heavy atom. The van der Waals surface area contributed by atoms with Gasteiger partial charge in [0.2, 0.25) is 0 Å². The molecule has 0 radical (unpaired) electrons. The van der Waals surface area contributed by atoms with E-state index < -0.39 is 13.9 Å². The van der Waals surface area contributed by atoms with Gasteiger partial charge in [0, 0.05) is 29.9 Å². The summed E-state index contributed by atoms with van der Waals surface area (Å²) >= 11 is 0. The molecule has 2 heterocycles. The highest BCUT2D eigenvalue weighted by molar-refractivity contribution is 6.74. The monoisotopic (exact) mass is 862 g/mol. The predicted octanol–water partition coefficient (Wildman–Crippen LogP) is 13.4. The number of aromatic nitrogens is 2. The van der Waals surface area contributed by atoms with Gasteiger partial charge >= 0.3 is 0 Å². The van der Waals surface area contributed by atoms with Gasteiger partial charge in [0.25, 0.3) is 0 Å². The molecule has 1 aliphatic carbocycles. The van der Waals surface area contributed by atoms with Crippen molar-refractivity contribution in [1.82, 2.24) is 9.97 Å². The number of nitriles is 3. The van der Waals surface area contributed by atoms with Crippen molar-refractivity contribution in [2.75, 3.05) is 24.6 Å². The first-order valence-corrected chi connectivity index (χ1v) is 25.4. The molecule has 1 atom stereocenters. The van der Waals surface area contributed by atoms with Gasteiger partial charge in [-0.25, -0.2) is 9.97 Å². The molecule has 0 amide bonds. The lowest BCUT2D eigenvalue weighted by molar-refractivity contribution is 0.0755. The van der Waals surface area contributed by atoms with Crippen LogP contribution in [0.4, 0.5) is 5.69 Å². The third-order valence-electron chi connectivity index (χ3n) is 13.3. The Labute approximate surface area is 380 Å². The van der Waals surface area contributed by atoms with Crippen LogP contribution in [0.3, 0.4) is 0 Å². The van der Waals surface area contributed by atoms with Crippen LogP contribution >= 0.6 is 0 Å². The van der Waals surface area contributed by atoms with Crippen molar-refractivity contribution in [1.29, 1.82) is 15.8 Å². The number of fused-ring (bicyclic) bond motifs is 1. The summed E-state index contributed by atoms with van der Waals surface area (Å²) < 4.78 is 13.0. The molecular formula is C55H58N6O2Si. The Bertz CT molecular complexity index is 2720. The highest BCUT2D eigenvalue weighted by atomic mass is 28.4. The molecule has 0 saturated heterocycles. The number of allylic oxidation sites excluding steroid dienone is 2. The lowest BCUT2D eigenvalue weighted by Crippen LogP contribution is -2.42. The molecule has 4 aromatic carbocycles. The molecule has 0 spiro atoms. The quantitative estimate of drug-likeness (QED) is 0.0652. The van der Waals surface area contributed by atoms with E-state index in [9.17, 15) is 15.8 Å². The maximum atomic E-state index is 10.6. The first-order chi connectivity index (χ1) is 30.8. The van der Waals surface area contributed by atoms with Crippen LogP contribution in [0.1, 0.15) is 101 Å². The van der Waals surface area contributed by atoms with Crippen LogP contribution in [0.2, 0.25) is 18.1 Å². The minimum atomic E-state index is -1.80. The van der Waals surface area contributed by atoms with E-state index in [-0.39, 0.29) is 21.9 Å². The van der Waals surface area contributed by atoms with Crippen LogP contribution in [0.15, 0.2) is 126 Å². The van der Waals surface area contributed by atoms with Gasteiger partial charge in [0.05, 0.1) is 29.0 Å². The summed E-state index contributed by atoms with van der Waals surface area (Å²) in [6, 6.07) is 39.2. The van der Waals surface area contributed by atoms with Crippen molar-refractivity contribution in [2.45, 2.75) is 96.4 Å². The molecule has 5 aromatic rings. The molecule has 1 aromatic heterocycles. The number of hydrogen-bond donors (Lipinski definition) is 0. The van der Waals surface area contributed by atoms with Gasteiger partial charge in [0.15, 0.2) is 25.3 Å². The van der Waals surface area contributed by atoms with Gasteiger partial charge in [-0.3, -0.25) is 0 Å². The highest BCUT2D eigenvalue weighted by Crippen LogP contribution is 2.48. The number of likely N-dealkylation sites (N-methyl/N-ethyl adjacent to an activating group) is 1. The summed E-state index contributed by atoms with van der Waals surface area (Å²) in [5.74, 6) is 0.512. The zero-order valence-electron chi connectivity index (χ0n) is 38.3. The minimum absolute atomic E-state index is 0.0130. The van der Waals surface area contributed by atoms with E-state index >= 15 is 0 Å². The fraction of sp³-hybridized carbons (Fsp3) is 0.327. The highest BCUT2D eigenvalue weighted by Gasteiger charge is 2.44. The number of rotatable bonds is 13. The van der Waals surface area contributed by atoms with E-state index in [1.807, 2.05) is 79.7 Å². The fourth-order valence-corrected chi connectivity index (χ4v) is 9.45. The largest absolute Gasteiger partial charge is 0.474 e. The third kappa shape index (κ3) is 9.80. The Morgan fingerprint density at radius 2 is 1.50 bits per heavy atom. The maximum absolute atomic E-state index is 10.6. The SMILES string of the molecule is CCN(CCO[Si](C)(C)C(C)(C)C)c1ccc(/C=C/c2ccc3nc(/C=C/C4=C(C#N)C(=C(C#N)C#N)OC4(C)c4ccc(C5CCCCC5)cc4)c(-c4ccccc4)nc3c2)cc1. The molecule has 8 nitrogen and oxygen atoms in total. The smallest absolute Gasteiger partial charge is 0.192 e. The van der Waals surface area contributed by atoms with E-state index in [4.69, 9.17) is 19.1 Å². The summed E-state index contributed by atoms with van der Waals surface area (Å²) in [6.45, 7) is 18.0. The second-order valence-electron chi connectivity index (χ2n) is 18.4. The predicted molar refractivity (Wildman–Crippen MR) is 262 cm³/mol. The standard InChI is InChI=1S/C55H58N6O2Si/c1-8-61(33-34-62-64(6,7)54(2,3)4)46-28-21-39(22-29-46)19-20-40-23-31-49-51(35-40)60-52(43-17-13-10-14-18-43)50(59-49)32-30-48-47(38-58)53(44(36-56)37-57)63-55(48,5)45-26-24-42(25-27-45)41-15-11-9-12-16-41/h10,13-14,17-32,35,41H,8-9,11-12,15-16,33-34H2,1-7H3/b20-19+,32-30+. The van der Waals surface area contributed by atoms with Gasteiger partial charge in [-0.2, -0.15) is 15.8 Å². The van der Waals surface area contributed by atoms with Crippen molar-refractivity contribution in [2.24, 2.45) is 0 Å². The fourth-order valence-electron chi connectivity index (χ4n) is 8.41. The number of anilines is 1. The van der Waals surface area contributed by atoms with Crippen LogP contribution in [0.25, 0.3) is 40.5 Å². The molecule has 0 bridgehead atoms. The first-order valence-electron chi connectivity index (χ1n) is 22.5. The molecule has 1 saturated carbocycles. The molecule has 64 heavy (non-hydrogen) atoms. The Kier molecular flexibility index (Phi) is 13.8. The molecular weight excluding hydrogens is 805 g/mol. The van der Waals surface area contributed by atoms with Gasteiger partial charge in [-0.15, -0.1) is 0 Å². The topological polar surface area (TPSA) is 119 Å². The number of ether oxygens (including phenoxy) is 1. The van der Waals surface area contributed by atoms with E-state index in [1.165, 1.54) is 43.4 Å². The van der Waals surface area contributed by atoms with Gasteiger partial charge < -0.3 is 14.1 Å². The summed E-state index contributed by atoms with van der Waals surface area (Å²) in [5, 5.41) is 30.5. The second kappa shape index (κ2) is 19.4. The van der Waals surface area contributed by atoms with E-state index in [2.05, 4.69) is 112 Å². The lowest BCUT2D eigenvalue weighted by atomic mass is 9.81. The zero-order valence-corrected chi connectivity index (χ0v) is 39.3.